The molecule has 0 bridgehead atoms. The number of carbonyl (C=O) groups excluding carboxylic acids is 1. The van der Waals surface area contributed by atoms with E-state index in [9.17, 15) is 4.79 Å². The van der Waals surface area contributed by atoms with Gasteiger partial charge in [0.1, 0.15) is 0 Å². The molecule has 3 heteroatoms. The minimum Gasteiger partial charge on any atom is -0.276 e. The van der Waals surface area contributed by atoms with Crippen LogP contribution in [0.4, 0.5) is 0 Å². The molecule has 0 aliphatic rings. The number of fused-ring (bicyclic) bond motifs is 1. The van der Waals surface area contributed by atoms with Crippen molar-refractivity contribution in [1.29, 1.82) is 0 Å². The summed E-state index contributed by atoms with van der Waals surface area (Å²) in [5.41, 5.74) is 0.426. The lowest BCUT2D eigenvalue weighted by Crippen LogP contribution is -1.88. The minimum atomic E-state index is -0.488. The van der Waals surface area contributed by atoms with Crippen LogP contribution < -0.4 is 0 Å². The molecule has 0 saturated carbocycles. The van der Waals surface area contributed by atoms with Crippen LogP contribution in [0.3, 0.4) is 0 Å². The molecule has 0 aliphatic carbocycles. The highest BCUT2D eigenvalue weighted by atomic mass is 35.5. The van der Waals surface area contributed by atoms with Crippen LogP contribution in [-0.2, 0) is 0 Å². The maximum Gasteiger partial charge on any atom is 0.252 e. The number of benzene rings is 2. The third-order valence-corrected chi connectivity index (χ3v) is 2.57. The summed E-state index contributed by atoms with van der Waals surface area (Å²) in [5.74, 6) is 0. The Balaban J connectivity index is 2.78. The van der Waals surface area contributed by atoms with Crippen LogP contribution in [0.1, 0.15) is 10.4 Å². The Morgan fingerprint density at radius 1 is 1.14 bits per heavy atom. The van der Waals surface area contributed by atoms with E-state index in [2.05, 4.69) is 0 Å². The molecule has 2 rings (SSSR count). The van der Waals surface area contributed by atoms with E-state index in [0.29, 0.717) is 10.6 Å². The molecule has 0 atom stereocenters. The van der Waals surface area contributed by atoms with Gasteiger partial charge in [-0.05, 0) is 29.1 Å². The van der Waals surface area contributed by atoms with E-state index in [1.807, 2.05) is 24.3 Å². The first kappa shape index (κ1) is 9.50. The van der Waals surface area contributed by atoms with Crippen LogP contribution in [0.25, 0.3) is 10.8 Å². The molecule has 70 valence electrons. The van der Waals surface area contributed by atoms with Crippen molar-refractivity contribution in [2.75, 3.05) is 0 Å². The van der Waals surface area contributed by atoms with Crippen molar-refractivity contribution >= 4 is 39.2 Å². The Morgan fingerprint density at radius 3 is 2.57 bits per heavy atom. The van der Waals surface area contributed by atoms with Gasteiger partial charge < -0.3 is 0 Å². The number of carbonyl (C=O) groups is 1. The van der Waals surface area contributed by atoms with Gasteiger partial charge in [0.2, 0.25) is 0 Å². The number of hydrogen-bond acceptors (Lipinski definition) is 1. The zero-order chi connectivity index (χ0) is 10.1. The predicted molar refractivity (Wildman–Crippen MR) is 59.1 cm³/mol. The van der Waals surface area contributed by atoms with Gasteiger partial charge in [-0.15, -0.1) is 0 Å². The molecule has 0 unspecified atom stereocenters. The second-order valence-electron chi connectivity index (χ2n) is 2.95. The summed E-state index contributed by atoms with van der Waals surface area (Å²) in [6.45, 7) is 0. The van der Waals surface area contributed by atoms with Crippen LogP contribution in [0.15, 0.2) is 36.4 Å². The average Bonchev–Trinajstić information content (AvgIpc) is 2.17. The maximum atomic E-state index is 10.9. The molecule has 0 aliphatic heterocycles. The molecular weight excluding hydrogens is 219 g/mol. The first-order valence-electron chi connectivity index (χ1n) is 4.06. The summed E-state index contributed by atoms with van der Waals surface area (Å²) < 4.78 is 0. The standard InChI is InChI=1S/C11H6Cl2O/c12-10-6-8(11(13)14)5-7-3-1-2-4-9(7)10/h1-6H. The van der Waals surface area contributed by atoms with Gasteiger partial charge in [-0.1, -0.05) is 35.9 Å². The summed E-state index contributed by atoms with van der Waals surface area (Å²) in [4.78, 5) is 10.9. The Labute approximate surface area is 91.2 Å². The fourth-order valence-corrected chi connectivity index (χ4v) is 1.78. The lowest BCUT2D eigenvalue weighted by molar-refractivity contribution is 0.108. The molecule has 0 aromatic heterocycles. The zero-order valence-electron chi connectivity index (χ0n) is 7.13. The van der Waals surface area contributed by atoms with Crippen molar-refractivity contribution in [2.45, 2.75) is 0 Å². The zero-order valence-corrected chi connectivity index (χ0v) is 8.64. The van der Waals surface area contributed by atoms with Crippen LogP contribution >= 0.6 is 23.2 Å². The molecule has 0 N–H and O–H groups in total. The Morgan fingerprint density at radius 2 is 1.86 bits per heavy atom. The van der Waals surface area contributed by atoms with Gasteiger partial charge in [-0.25, -0.2) is 0 Å². The normalized spacial score (nSPS) is 10.4. The highest BCUT2D eigenvalue weighted by Gasteiger charge is 2.06. The smallest absolute Gasteiger partial charge is 0.252 e. The average molecular weight is 225 g/mol. The van der Waals surface area contributed by atoms with Crippen LogP contribution in [0, 0.1) is 0 Å². The minimum absolute atomic E-state index is 0.426. The number of hydrogen-bond donors (Lipinski definition) is 0. The van der Waals surface area contributed by atoms with Gasteiger partial charge >= 0.3 is 0 Å². The third kappa shape index (κ3) is 1.61. The van der Waals surface area contributed by atoms with Crippen LogP contribution in [0.2, 0.25) is 5.02 Å². The van der Waals surface area contributed by atoms with Crippen molar-refractivity contribution in [1.82, 2.24) is 0 Å². The third-order valence-electron chi connectivity index (χ3n) is 2.04. The van der Waals surface area contributed by atoms with E-state index < -0.39 is 5.24 Å². The van der Waals surface area contributed by atoms with Crippen molar-refractivity contribution < 1.29 is 4.79 Å². The summed E-state index contributed by atoms with van der Waals surface area (Å²) >= 11 is 11.4. The van der Waals surface area contributed by atoms with Gasteiger partial charge in [0.25, 0.3) is 5.24 Å². The summed E-state index contributed by atoms with van der Waals surface area (Å²) in [5, 5.41) is 1.91. The highest BCUT2D eigenvalue weighted by molar-refractivity contribution is 6.68. The van der Waals surface area contributed by atoms with Crippen molar-refractivity contribution in [3.63, 3.8) is 0 Å². The topological polar surface area (TPSA) is 17.1 Å². The van der Waals surface area contributed by atoms with Gasteiger partial charge in [-0.2, -0.15) is 0 Å². The van der Waals surface area contributed by atoms with Crippen molar-refractivity contribution in [3.05, 3.63) is 47.0 Å². The Hall–Kier alpha value is -1.05. The molecule has 0 saturated heterocycles. The van der Waals surface area contributed by atoms with E-state index in [4.69, 9.17) is 23.2 Å². The first-order chi connectivity index (χ1) is 6.68. The van der Waals surface area contributed by atoms with E-state index in [1.54, 1.807) is 12.1 Å². The van der Waals surface area contributed by atoms with E-state index in [-0.39, 0.29) is 0 Å². The van der Waals surface area contributed by atoms with E-state index >= 15 is 0 Å². The molecular formula is C11H6Cl2O. The fourth-order valence-electron chi connectivity index (χ4n) is 1.38. The fraction of sp³-hybridized carbons (Fsp3) is 0. The molecule has 0 fully saturated rings. The van der Waals surface area contributed by atoms with Crippen LogP contribution in [0.5, 0.6) is 0 Å². The van der Waals surface area contributed by atoms with Crippen LogP contribution in [-0.4, -0.2) is 5.24 Å². The van der Waals surface area contributed by atoms with E-state index in [1.165, 1.54) is 0 Å². The lowest BCUT2D eigenvalue weighted by atomic mass is 10.1. The van der Waals surface area contributed by atoms with Gasteiger partial charge in [0.15, 0.2) is 0 Å². The summed E-state index contributed by atoms with van der Waals surface area (Å²) in [6, 6.07) is 10.9. The Kier molecular flexibility index (Phi) is 2.44. The molecule has 1 nitrogen and oxygen atoms in total. The molecule has 0 radical (unpaired) electrons. The molecule has 2 aromatic rings. The first-order valence-corrected chi connectivity index (χ1v) is 4.82. The predicted octanol–water partition coefficient (Wildman–Crippen LogP) is 3.87. The van der Waals surface area contributed by atoms with Gasteiger partial charge in [0, 0.05) is 16.0 Å². The van der Waals surface area contributed by atoms with Crippen molar-refractivity contribution in [2.24, 2.45) is 0 Å². The van der Waals surface area contributed by atoms with Gasteiger partial charge in [-0.3, -0.25) is 4.79 Å². The number of halogens is 2. The highest BCUT2D eigenvalue weighted by Crippen LogP contribution is 2.25. The van der Waals surface area contributed by atoms with E-state index in [0.717, 1.165) is 10.8 Å². The summed E-state index contributed by atoms with van der Waals surface area (Å²) in [6.07, 6.45) is 0. The summed E-state index contributed by atoms with van der Waals surface area (Å²) in [7, 11) is 0. The molecule has 0 amide bonds. The molecule has 0 spiro atoms. The monoisotopic (exact) mass is 224 g/mol. The quantitative estimate of drug-likeness (QED) is 0.673. The maximum absolute atomic E-state index is 10.9. The second-order valence-corrected chi connectivity index (χ2v) is 3.70. The number of rotatable bonds is 1. The SMILES string of the molecule is O=C(Cl)c1cc(Cl)c2ccccc2c1. The largest absolute Gasteiger partial charge is 0.276 e. The second kappa shape index (κ2) is 3.60. The molecule has 2 aromatic carbocycles. The molecule has 14 heavy (non-hydrogen) atoms. The lowest BCUT2D eigenvalue weighted by Gasteiger charge is -2.01. The van der Waals surface area contributed by atoms with Gasteiger partial charge in [0.05, 0.1) is 0 Å². The van der Waals surface area contributed by atoms with Crippen molar-refractivity contribution in [3.8, 4) is 0 Å². The molecule has 0 heterocycles. The Bertz CT molecular complexity index is 506.